The van der Waals surface area contributed by atoms with Crippen molar-refractivity contribution in [3.63, 3.8) is 0 Å². The number of nitrogens with one attached hydrogen (secondary N) is 1. The van der Waals surface area contributed by atoms with Gasteiger partial charge in [0.1, 0.15) is 17.9 Å². The van der Waals surface area contributed by atoms with Gasteiger partial charge in [0.25, 0.3) is 0 Å². The Kier molecular flexibility index (Phi) is 6.82. The summed E-state index contributed by atoms with van der Waals surface area (Å²) >= 11 is 5.80. The Hall–Kier alpha value is -1.26. The van der Waals surface area contributed by atoms with Crippen molar-refractivity contribution in [3.8, 4) is 5.75 Å². The number of esters is 1. The summed E-state index contributed by atoms with van der Waals surface area (Å²) in [5.74, 6) is 0.511. The first-order valence-electron chi connectivity index (χ1n) is 6.73. The van der Waals surface area contributed by atoms with Gasteiger partial charge in [-0.25, -0.2) is 0 Å². The zero-order valence-corrected chi connectivity index (χ0v) is 13.0. The van der Waals surface area contributed by atoms with Crippen LogP contribution in [0.3, 0.4) is 0 Å². The van der Waals surface area contributed by atoms with Gasteiger partial charge in [-0.3, -0.25) is 10.1 Å². The first-order valence-corrected chi connectivity index (χ1v) is 7.11. The van der Waals surface area contributed by atoms with Crippen LogP contribution in [0.15, 0.2) is 24.3 Å². The van der Waals surface area contributed by atoms with Gasteiger partial charge < -0.3 is 9.47 Å². The molecular formula is C15H22ClNO3. The molecule has 0 fully saturated rings. The molecule has 112 valence electrons. The van der Waals surface area contributed by atoms with E-state index in [4.69, 9.17) is 21.1 Å². The van der Waals surface area contributed by atoms with Crippen molar-refractivity contribution in [3.05, 3.63) is 29.3 Å². The topological polar surface area (TPSA) is 47.6 Å². The van der Waals surface area contributed by atoms with E-state index in [0.717, 1.165) is 18.6 Å². The average molecular weight is 300 g/mol. The molecule has 0 aliphatic heterocycles. The highest BCUT2D eigenvalue weighted by Gasteiger charge is 2.32. The zero-order valence-electron chi connectivity index (χ0n) is 12.2. The lowest BCUT2D eigenvalue weighted by Gasteiger charge is -2.27. The summed E-state index contributed by atoms with van der Waals surface area (Å²) in [6.07, 6.45) is 1.62. The molecule has 1 aromatic rings. The highest BCUT2D eigenvalue weighted by molar-refractivity contribution is 6.30. The number of ether oxygens (including phenoxy) is 2. The predicted octanol–water partition coefficient (Wildman–Crippen LogP) is 3.04. The number of benzene rings is 1. The summed E-state index contributed by atoms with van der Waals surface area (Å²) in [7, 11) is 1.40. The molecule has 1 N–H and O–H groups in total. The molecule has 0 saturated heterocycles. The van der Waals surface area contributed by atoms with Crippen LogP contribution in [0.4, 0.5) is 0 Å². The minimum Gasteiger partial charge on any atom is -0.492 e. The van der Waals surface area contributed by atoms with E-state index in [9.17, 15) is 4.79 Å². The summed E-state index contributed by atoms with van der Waals surface area (Å²) in [6.45, 7) is 4.92. The van der Waals surface area contributed by atoms with E-state index in [2.05, 4.69) is 5.32 Å². The van der Waals surface area contributed by atoms with Gasteiger partial charge in [-0.1, -0.05) is 24.9 Å². The van der Waals surface area contributed by atoms with Crippen LogP contribution in [0.2, 0.25) is 5.02 Å². The molecule has 5 heteroatoms. The second-order valence-electron chi connectivity index (χ2n) is 4.80. The fourth-order valence-corrected chi connectivity index (χ4v) is 2.14. The lowest BCUT2D eigenvalue weighted by Crippen LogP contribution is -2.51. The molecule has 1 rings (SSSR count). The number of hydrogen-bond donors (Lipinski definition) is 1. The molecule has 0 aliphatic carbocycles. The van der Waals surface area contributed by atoms with Crippen LogP contribution < -0.4 is 10.1 Å². The van der Waals surface area contributed by atoms with Gasteiger partial charge in [-0.2, -0.15) is 0 Å². The molecule has 0 bridgehead atoms. The number of methoxy groups -OCH3 is 1. The summed E-state index contributed by atoms with van der Waals surface area (Å²) in [5.41, 5.74) is -0.660. The van der Waals surface area contributed by atoms with Gasteiger partial charge in [0.2, 0.25) is 0 Å². The Balaban J connectivity index is 2.41. The summed E-state index contributed by atoms with van der Waals surface area (Å²) < 4.78 is 10.4. The minimum absolute atomic E-state index is 0.245. The van der Waals surface area contributed by atoms with Crippen molar-refractivity contribution in [2.75, 3.05) is 20.3 Å². The largest absolute Gasteiger partial charge is 0.492 e. The quantitative estimate of drug-likeness (QED) is 0.592. The molecule has 0 spiro atoms. The molecule has 0 heterocycles. The highest BCUT2D eigenvalue weighted by Crippen LogP contribution is 2.16. The second-order valence-corrected chi connectivity index (χ2v) is 5.24. The first-order chi connectivity index (χ1) is 9.51. The third-order valence-corrected chi connectivity index (χ3v) is 3.34. The average Bonchev–Trinajstić information content (AvgIpc) is 2.45. The van der Waals surface area contributed by atoms with E-state index in [1.165, 1.54) is 7.11 Å². The van der Waals surface area contributed by atoms with E-state index in [0.29, 0.717) is 18.2 Å². The maximum atomic E-state index is 11.8. The van der Waals surface area contributed by atoms with Gasteiger partial charge in [0.05, 0.1) is 7.11 Å². The summed E-state index contributed by atoms with van der Waals surface area (Å²) in [6, 6.07) is 7.18. The normalized spacial score (nSPS) is 13.6. The Labute approximate surface area is 125 Å². The number of carbonyl (C=O) groups excluding carboxylic acids is 1. The lowest BCUT2D eigenvalue weighted by molar-refractivity contribution is -0.148. The maximum Gasteiger partial charge on any atom is 0.325 e. The number of halogens is 1. The van der Waals surface area contributed by atoms with Gasteiger partial charge in [0, 0.05) is 11.6 Å². The summed E-state index contributed by atoms with van der Waals surface area (Å²) in [5, 5.41) is 3.88. The molecule has 0 amide bonds. The number of hydrogen-bond acceptors (Lipinski definition) is 4. The standard InChI is InChI=1S/C15H22ClNO3/c1-4-9-15(2,14(18)19-3)17-10-11-20-13-7-5-12(16)6-8-13/h5-8,17H,4,9-11H2,1-3H3. The van der Waals surface area contributed by atoms with E-state index in [1.807, 2.05) is 26.0 Å². The summed E-state index contributed by atoms with van der Waals surface area (Å²) in [4.78, 5) is 11.8. The maximum absolute atomic E-state index is 11.8. The van der Waals surface area contributed by atoms with Crippen molar-refractivity contribution in [1.82, 2.24) is 5.32 Å². The number of rotatable bonds is 8. The minimum atomic E-state index is -0.660. The smallest absolute Gasteiger partial charge is 0.325 e. The fourth-order valence-electron chi connectivity index (χ4n) is 2.01. The van der Waals surface area contributed by atoms with Crippen LogP contribution in [0.1, 0.15) is 26.7 Å². The van der Waals surface area contributed by atoms with Crippen molar-refractivity contribution >= 4 is 17.6 Å². The van der Waals surface area contributed by atoms with Crippen molar-refractivity contribution in [2.45, 2.75) is 32.2 Å². The van der Waals surface area contributed by atoms with Gasteiger partial charge in [-0.05, 0) is 37.6 Å². The first kappa shape index (κ1) is 16.8. The highest BCUT2D eigenvalue weighted by atomic mass is 35.5. The van der Waals surface area contributed by atoms with Gasteiger partial charge >= 0.3 is 5.97 Å². The molecule has 0 aliphatic rings. The van der Waals surface area contributed by atoms with E-state index >= 15 is 0 Å². The van der Waals surface area contributed by atoms with E-state index in [-0.39, 0.29) is 5.97 Å². The van der Waals surface area contributed by atoms with Crippen molar-refractivity contribution in [1.29, 1.82) is 0 Å². The fraction of sp³-hybridized carbons (Fsp3) is 0.533. The molecule has 0 saturated carbocycles. The number of carbonyl (C=O) groups is 1. The monoisotopic (exact) mass is 299 g/mol. The molecule has 4 nitrogen and oxygen atoms in total. The zero-order chi connectivity index (χ0) is 15.0. The predicted molar refractivity (Wildman–Crippen MR) is 80.3 cm³/mol. The van der Waals surface area contributed by atoms with Gasteiger partial charge in [0.15, 0.2) is 0 Å². The van der Waals surface area contributed by atoms with Crippen molar-refractivity contribution < 1.29 is 14.3 Å². The molecule has 0 aromatic heterocycles. The van der Waals surface area contributed by atoms with Crippen LogP contribution in [0.25, 0.3) is 0 Å². The lowest BCUT2D eigenvalue weighted by atomic mass is 9.96. The third kappa shape index (κ3) is 5.02. The van der Waals surface area contributed by atoms with Gasteiger partial charge in [-0.15, -0.1) is 0 Å². The Bertz CT molecular complexity index is 422. The van der Waals surface area contributed by atoms with E-state index < -0.39 is 5.54 Å². The molecule has 1 aromatic carbocycles. The van der Waals surface area contributed by atoms with E-state index in [1.54, 1.807) is 12.1 Å². The molecule has 1 unspecified atom stereocenters. The Morgan fingerprint density at radius 3 is 2.55 bits per heavy atom. The SMILES string of the molecule is CCCC(C)(NCCOc1ccc(Cl)cc1)C(=O)OC. The van der Waals surface area contributed by atoms with Crippen LogP contribution in [-0.2, 0) is 9.53 Å². The molecule has 20 heavy (non-hydrogen) atoms. The molecule has 1 atom stereocenters. The van der Waals surface area contributed by atoms with Crippen LogP contribution >= 0.6 is 11.6 Å². The van der Waals surface area contributed by atoms with Crippen molar-refractivity contribution in [2.24, 2.45) is 0 Å². The van der Waals surface area contributed by atoms with Crippen LogP contribution in [0.5, 0.6) is 5.75 Å². The Morgan fingerprint density at radius 2 is 2.00 bits per heavy atom. The third-order valence-electron chi connectivity index (χ3n) is 3.09. The van der Waals surface area contributed by atoms with Crippen LogP contribution in [-0.4, -0.2) is 31.8 Å². The Morgan fingerprint density at radius 1 is 1.35 bits per heavy atom. The van der Waals surface area contributed by atoms with Crippen LogP contribution in [0, 0.1) is 0 Å². The molecular weight excluding hydrogens is 278 g/mol. The second kappa shape index (κ2) is 8.12. The molecule has 0 radical (unpaired) electrons.